The lowest BCUT2D eigenvalue weighted by molar-refractivity contribution is 0.669. The summed E-state index contributed by atoms with van der Waals surface area (Å²) in [6, 6.07) is 69.5. The van der Waals surface area contributed by atoms with Crippen LogP contribution in [0.15, 0.2) is 199 Å². The molecule has 5 nitrogen and oxygen atoms in total. The monoisotopic (exact) mass is 776 g/mol. The van der Waals surface area contributed by atoms with Gasteiger partial charge in [0.1, 0.15) is 11.2 Å². The summed E-state index contributed by atoms with van der Waals surface area (Å²) in [5.74, 6) is 1.83. The summed E-state index contributed by atoms with van der Waals surface area (Å²) in [7, 11) is 0. The summed E-state index contributed by atoms with van der Waals surface area (Å²) in [6.45, 7) is 0. The van der Waals surface area contributed by atoms with E-state index in [9.17, 15) is 5.26 Å². The van der Waals surface area contributed by atoms with Gasteiger partial charge in [0.2, 0.25) is 0 Å². The molecule has 0 aliphatic heterocycles. The van der Waals surface area contributed by atoms with Crippen LogP contribution >= 0.6 is 0 Å². The lowest BCUT2D eigenvalue weighted by Crippen LogP contribution is -2.00. The summed E-state index contributed by atoms with van der Waals surface area (Å²) in [5.41, 5.74) is 16.9. The Bertz CT molecular complexity index is 3540. The summed E-state index contributed by atoms with van der Waals surface area (Å²) in [4.78, 5) is 15.0. The molecular formula is C56H32N4O. The quantitative estimate of drug-likeness (QED) is 0.168. The molecule has 5 heteroatoms. The van der Waals surface area contributed by atoms with Crippen LogP contribution in [-0.4, -0.2) is 15.0 Å². The number of nitrogens with zero attached hydrogens (tertiary/aromatic N) is 4. The maximum atomic E-state index is 9.50. The largest absolute Gasteiger partial charge is 0.456 e. The molecule has 0 saturated heterocycles. The fourth-order valence-electron chi connectivity index (χ4n) is 8.97. The number of hydrogen-bond donors (Lipinski definition) is 0. The lowest BCUT2D eigenvalue weighted by Gasteiger charge is -2.15. The minimum absolute atomic E-state index is 0.602. The molecule has 0 bridgehead atoms. The Labute approximate surface area is 351 Å². The second-order valence-corrected chi connectivity index (χ2v) is 15.4. The third-order valence-corrected chi connectivity index (χ3v) is 12.0. The van der Waals surface area contributed by atoms with E-state index >= 15 is 0 Å². The van der Waals surface area contributed by atoms with Gasteiger partial charge in [-0.3, -0.25) is 0 Å². The summed E-state index contributed by atoms with van der Waals surface area (Å²) >= 11 is 0. The highest BCUT2D eigenvalue weighted by atomic mass is 16.3. The summed E-state index contributed by atoms with van der Waals surface area (Å²) < 4.78 is 6.11. The first-order valence-electron chi connectivity index (χ1n) is 20.3. The maximum absolute atomic E-state index is 9.50. The number of para-hydroxylation sites is 1. The standard InChI is InChI=1S/C56H32N4O/c57-33-34-14-16-37(17-15-34)42-27-29-47-44-10-4-5-11-45(44)48-30-28-43(52(42)53(47)48)38-22-18-35(19-23-38)36-20-24-40(25-21-36)55-58-54(39-8-2-1-3-9-39)59-56(60-55)41-26-31-51-49(32-41)46-12-6-7-13-50(46)61-51/h1-32H. The van der Waals surface area contributed by atoms with E-state index in [-0.39, 0.29) is 0 Å². The van der Waals surface area contributed by atoms with Crippen molar-refractivity contribution in [3.8, 4) is 95.9 Å². The zero-order valence-electron chi connectivity index (χ0n) is 32.7. The van der Waals surface area contributed by atoms with Crippen LogP contribution in [0.2, 0.25) is 0 Å². The van der Waals surface area contributed by atoms with Crippen molar-refractivity contribution in [2.45, 2.75) is 0 Å². The third-order valence-electron chi connectivity index (χ3n) is 12.0. The van der Waals surface area contributed by atoms with Crippen molar-refractivity contribution in [1.82, 2.24) is 15.0 Å². The second-order valence-electron chi connectivity index (χ2n) is 15.4. The van der Waals surface area contributed by atoms with E-state index < -0.39 is 0 Å². The topological polar surface area (TPSA) is 75.6 Å². The molecule has 1 aliphatic rings. The van der Waals surface area contributed by atoms with Crippen molar-refractivity contribution in [1.29, 1.82) is 5.26 Å². The number of fused-ring (bicyclic) bond motifs is 6. The highest BCUT2D eigenvalue weighted by molar-refractivity contribution is 6.22. The number of benzene rings is 9. The fraction of sp³-hybridized carbons (Fsp3) is 0. The van der Waals surface area contributed by atoms with Gasteiger partial charge < -0.3 is 4.42 Å². The van der Waals surface area contributed by atoms with Gasteiger partial charge in [-0.15, -0.1) is 0 Å². The Hall–Kier alpha value is -8.46. The van der Waals surface area contributed by atoms with E-state index in [4.69, 9.17) is 19.4 Å². The van der Waals surface area contributed by atoms with Gasteiger partial charge >= 0.3 is 0 Å². The van der Waals surface area contributed by atoms with Crippen LogP contribution in [0.25, 0.3) is 123 Å². The Balaban J connectivity index is 0.914. The highest BCUT2D eigenvalue weighted by Gasteiger charge is 2.25. The molecule has 0 spiro atoms. The van der Waals surface area contributed by atoms with Gasteiger partial charge in [0.25, 0.3) is 0 Å². The van der Waals surface area contributed by atoms with Gasteiger partial charge in [-0.2, -0.15) is 5.26 Å². The minimum Gasteiger partial charge on any atom is -0.456 e. The average Bonchev–Trinajstić information content (AvgIpc) is 3.88. The second kappa shape index (κ2) is 13.8. The van der Waals surface area contributed by atoms with Crippen LogP contribution in [0.4, 0.5) is 0 Å². The van der Waals surface area contributed by atoms with Crippen molar-refractivity contribution >= 4 is 32.7 Å². The molecule has 12 rings (SSSR count). The van der Waals surface area contributed by atoms with Crippen LogP contribution in [0.5, 0.6) is 0 Å². The van der Waals surface area contributed by atoms with Crippen molar-refractivity contribution < 1.29 is 4.42 Å². The molecular weight excluding hydrogens is 745 g/mol. The number of nitriles is 1. The first kappa shape index (κ1) is 34.6. The van der Waals surface area contributed by atoms with Gasteiger partial charge in [-0.1, -0.05) is 158 Å². The molecule has 0 atom stereocenters. The molecule has 0 amide bonds. The molecule has 0 fully saturated rings. The maximum Gasteiger partial charge on any atom is 0.164 e. The summed E-state index contributed by atoms with van der Waals surface area (Å²) in [5, 5.41) is 14.1. The predicted octanol–water partition coefficient (Wildman–Crippen LogP) is 14.4. The van der Waals surface area contributed by atoms with Gasteiger partial charge in [0, 0.05) is 27.5 Å². The van der Waals surface area contributed by atoms with E-state index in [1.807, 2.05) is 72.8 Å². The molecule has 61 heavy (non-hydrogen) atoms. The zero-order valence-corrected chi connectivity index (χ0v) is 32.7. The number of furan rings is 1. The van der Waals surface area contributed by atoms with Gasteiger partial charge in [0.15, 0.2) is 17.5 Å². The van der Waals surface area contributed by atoms with E-state index in [0.717, 1.165) is 66.4 Å². The van der Waals surface area contributed by atoms with Crippen LogP contribution in [0, 0.1) is 11.3 Å². The number of aromatic nitrogens is 3. The zero-order chi connectivity index (χ0) is 40.4. The molecule has 0 radical (unpaired) electrons. The molecule has 0 unspecified atom stereocenters. The predicted molar refractivity (Wildman–Crippen MR) is 246 cm³/mol. The van der Waals surface area contributed by atoms with Crippen LogP contribution < -0.4 is 0 Å². The first-order valence-corrected chi connectivity index (χ1v) is 20.3. The average molecular weight is 777 g/mol. The highest BCUT2D eigenvalue weighted by Crippen LogP contribution is 2.52. The lowest BCUT2D eigenvalue weighted by atomic mass is 9.88. The van der Waals surface area contributed by atoms with Crippen molar-refractivity contribution in [2.24, 2.45) is 0 Å². The molecule has 0 saturated carbocycles. The SMILES string of the molecule is N#Cc1ccc(-c2ccc3c4c(ccc(-c5ccc(-c6ccc(-c7nc(-c8ccccc8)nc(-c8ccc9oc%10ccccc%10c9c8)n7)cc6)cc5)c24)-c2ccccc2-3)cc1. The molecule has 0 N–H and O–H groups in total. The number of rotatable bonds is 6. The van der Waals surface area contributed by atoms with E-state index in [0.29, 0.717) is 23.0 Å². The van der Waals surface area contributed by atoms with Gasteiger partial charge in [-0.25, -0.2) is 15.0 Å². The van der Waals surface area contributed by atoms with Crippen molar-refractivity contribution in [3.63, 3.8) is 0 Å². The van der Waals surface area contributed by atoms with Crippen molar-refractivity contribution in [2.75, 3.05) is 0 Å². The Morgan fingerprint density at radius 2 is 0.770 bits per heavy atom. The van der Waals surface area contributed by atoms with E-state index in [1.54, 1.807) is 0 Å². The summed E-state index contributed by atoms with van der Waals surface area (Å²) in [6.07, 6.45) is 0. The van der Waals surface area contributed by atoms with Gasteiger partial charge in [-0.05, 0) is 103 Å². The Morgan fingerprint density at radius 1 is 0.328 bits per heavy atom. The normalized spacial score (nSPS) is 11.6. The van der Waals surface area contributed by atoms with Crippen LogP contribution in [0.3, 0.4) is 0 Å². The third kappa shape index (κ3) is 5.73. The first-order chi connectivity index (χ1) is 30.2. The Kier molecular flexibility index (Phi) is 7.84. The molecule has 2 aromatic heterocycles. The van der Waals surface area contributed by atoms with Crippen LogP contribution in [0.1, 0.15) is 5.56 Å². The molecule has 1 aliphatic carbocycles. The Morgan fingerprint density at radius 3 is 1.39 bits per heavy atom. The minimum atomic E-state index is 0.602. The number of hydrogen-bond acceptors (Lipinski definition) is 5. The molecule has 282 valence electrons. The fourth-order valence-corrected chi connectivity index (χ4v) is 8.97. The van der Waals surface area contributed by atoms with Crippen LogP contribution in [-0.2, 0) is 0 Å². The van der Waals surface area contributed by atoms with Crippen molar-refractivity contribution in [3.05, 3.63) is 200 Å². The molecule has 9 aromatic carbocycles. The smallest absolute Gasteiger partial charge is 0.164 e. The van der Waals surface area contributed by atoms with Gasteiger partial charge in [0.05, 0.1) is 11.6 Å². The molecule has 11 aromatic rings. The van der Waals surface area contributed by atoms with E-state index in [2.05, 4.69) is 127 Å². The van der Waals surface area contributed by atoms with E-state index in [1.165, 1.54) is 38.6 Å². The molecule has 2 heterocycles.